The van der Waals surface area contributed by atoms with E-state index in [9.17, 15) is 16.8 Å². The normalized spacial score (nSPS) is 22.2. The second-order valence-corrected chi connectivity index (χ2v) is 12.8. The molecule has 0 amide bonds. The van der Waals surface area contributed by atoms with Crippen molar-refractivity contribution in [2.45, 2.75) is 38.1 Å². The van der Waals surface area contributed by atoms with Crippen LogP contribution in [0.15, 0.2) is 23.1 Å². The van der Waals surface area contributed by atoms with Crippen molar-refractivity contribution in [1.29, 1.82) is 0 Å². The minimum atomic E-state index is -3.63. The third-order valence-corrected chi connectivity index (χ3v) is 10.4. The Balaban J connectivity index is 1.53. The van der Waals surface area contributed by atoms with E-state index in [1.54, 1.807) is 25.1 Å². The number of hydrogen-bond donors (Lipinski definition) is 0. The highest BCUT2D eigenvalue weighted by molar-refractivity contribution is 7.91. The summed E-state index contributed by atoms with van der Waals surface area (Å²) in [5, 5.41) is 5.07. The first kappa shape index (κ1) is 22.6. The molecule has 31 heavy (non-hydrogen) atoms. The molecule has 0 spiro atoms. The van der Waals surface area contributed by atoms with Gasteiger partial charge in [-0.25, -0.2) is 16.8 Å². The van der Waals surface area contributed by atoms with Crippen LogP contribution in [-0.2, 0) is 19.9 Å². The van der Waals surface area contributed by atoms with E-state index < -0.39 is 19.9 Å². The highest BCUT2D eigenvalue weighted by Crippen LogP contribution is 2.32. The smallest absolute Gasteiger partial charge is 0.243 e. The fraction of sp³-hybridized carbons (Fsp3) is 0.550. The molecule has 0 unspecified atom stereocenters. The number of halogens is 1. The average molecular weight is 487 g/mol. The molecule has 2 aliphatic rings. The molecular weight excluding hydrogens is 460 g/mol. The van der Waals surface area contributed by atoms with E-state index in [0.29, 0.717) is 43.2 Å². The summed E-state index contributed by atoms with van der Waals surface area (Å²) in [7, 11) is -6.63. The van der Waals surface area contributed by atoms with Gasteiger partial charge >= 0.3 is 0 Å². The molecule has 1 aromatic carbocycles. The van der Waals surface area contributed by atoms with Crippen molar-refractivity contribution in [1.82, 2.24) is 14.1 Å². The largest absolute Gasteiger partial charge is 0.366 e. The molecule has 2 saturated heterocycles. The fourth-order valence-corrected chi connectivity index (χ4v) is 8.19. The van der Waals surface area contributed by atoms with E-state index in [1.165, 1.54) is 4.31 Å². The Hall–Kier alpha value is -1.62. The zero-order valence-electron chi connectivity index (χ0n) is 17.9. The van der Waals surface area contributed by atoms with E-state index in [0.717, 1.165) is 17.1 Å². The SMILES string of the molecule is Cc1nn([C@H]2CCS(=O)(=O)C2)c(C)c1N1CCN(S(=O)(=O)c2cccc(Cl)c2C)CC1. The monoisotopic (exact) mass is 486 g/mol. The summed E-state index contributed by atoms with van der Waals surface area (Å²) < 4.78 is 53.4. The second kappa shape index (κ2) is 8.06. The molecule has 11 heteroatoms. The summed E-state index contributed by atoms with van der Waals surface area (Å²) in [6, 6.07) is 4.80. The molecule has 0 N–H and O–H groups in total. The third-order valence-electron chi connectivity index (χ3n) is 6.23. The maximum absolute atomic E-state index is 13.2. The van der Waals surface area contributed by atoms with Crippen molar-refractivity contribution in [3.8, 4) is 0 Å². The van der Waals surface area contributed by atoms with Crippen molar-refractivity contribution < 1.29 is 16.8 Å². The lowest BCUT2D eigenvalue weighted by Gasteiger charge is -2.35. The maximum Gasteiger partial charge on any atom is 0.243 e. The van der Waals surface area contributed by atoms with Gasteiger partial charge in [-0.05, 0) is 44.9 Å². The van der Waals surface area contributed by atoms with Crippen molar-refractivity contribution in [2.24, 2.45) is 0 Å². The Bertz CT molecular complexity index is 1220. The first-order chi connectivity index (χ1) is 14.5. The number of aromatic nitrogens is 2. The summed E-state index contributed by atoms with van der Waals surface area (Å²) in [5.74, 6) is 0.324. The molecule has 1 atom stereocenters. The molecule has 2 fully saturated rings. The van der Waals surface area contributed by atoms with Gasteiger partial charge in [0.05, 0.1) is 39.5 Å². The van der Waals surface area contributed by atoms with Gasteiger partial charge in [-0.1, -0.05) is 17.7 Å². The lowest BCUT2D eigenvalue weighted by molar-refractivity contribution is 0.384. The molecule has 0 aliphatic carbocycles. The third kappa shape index (κ3) is 4.10. The molecule has 2 aromatic rings. The van der Waals surface area contributed by atoms with Gasteiger partial charge < -0.3 is 4.90 Å². The molecule has 0 bridgehead atoms. The number of nitrogens with zero attached hydrogens (tertiary/aromatic N) is 4. The highest BCUT2D eigenvalue weighted by Gasteiger charge is 2.34. The summed E-state index contributed by atoms with van der Waals surface area (Å²) >= 11 is 6.13. The minimum Gasteiger partial charge on any atom is -0.366 e. The zero-order valence-corrected chi connectivity index (χ0v) is 20.3. The van der Waals surface area contributed by atoms with E-state index in [4.69, 9.17) is 11.6 Å². The first-order valence-corrected chi connectivity index (χ1v) is 13.9. The van der Waals surface area contributed by atoms with E-state index in [-0.39, 0.29) is 22.4 Å². The van der Waals surface area contributed by atoms with Crippen LogP contribution in [0.1, 0.15) is 29.4 Å². The Morgan fingerprint density at radius 3 is 2.39 bits per heavy atom. The van der Waals surface area contributed by atoms with Crippen LogP contribution < -0.4 is 4.90 Å². The Kier molecular flexibility index (Phi) is 5.87. The van der Waals surface area contributed by atoms with Gasteiger partial charge in [0.15, 0.2) is 9.84 Å². The molecule has 0 radical (unpaired) electrons. The van der Waals surface area contributed by atoms with Crippen LogP contribution in [0.3, 0.4) is 0 Å². The predicted molar refractivity (Wildman–Crippen MR) is 121 cm³/mol. The Morgan fingerprint density at radius 1 is 1.10 bits per heavy atom. The predicted octanol–water partition coefficient (Wildman–Crippen LogP) is 2.33. The minimum absolute atomic E-state index is 0.124. The fourth-order valence-electron chi connectivity index (χ4n) is 4.59. The maximum atomic E-state index is 13.2. The second-order valence-electron chi connectivity index (χ2n) is 8.27. The van der Waals surface area contributed by atoms with Gasteiger partial charge in [0, 0.05) is 31.2 Å². The molecule has 4 rings (SSSR count). The van der Waals surface area contributed by atoms with Crippen molar-refractivity contribution in [3.05, 3.63) is 40.2 Å². The number of sulfonamides is 1. The van der Waals surface area contributed by atoms with E-state index in [1.807, 2.05) is 18.5 Å². The summed E-state index contributed by atoms with van der Waals surface area (Å²) in [6.07, 6.45) is 0.578. The molecular formula is C20H27ClN4O4S2. The quantitative estimate of drug-likeness (QED) is 0.658. The summed E-state index contributed by atoms with van der Waals surface area (Å²) in [4.78, 5) is 2.39. The zero-order chi connectivity index (χ0) is 22.6. The lowest BCUT2D eigenvalue weighted by Crippen LogP contribution is -2.49. The number of piperazine rings is 1. The lowest BCUT2D eigenvalue weighted by atomic mass is 10.2. The molecule has 8 nitrogen and oxygen atoms in total. The number of hydrogen-bond acceptors (Lipinski definition) is 6. The van der Waals surface area contributed by atoms with E-state index in [2.05, 4.69) is 10.00 Å². The molecule has 3 heterocycles. The van der Waals surface area contributed by atoms with Gasteiger partial charge in [-0.3, -0.25) is 4.68 Å². The average Bonchev–Trinajstić information content (AvgIpc) is 3.22. The standard InChI is InChI=1S/C20H27ClN4O4S2/c1-14-18(21)5-4-6-19(14)31(28,29)24-10-8-23(9-11-24)20-15(2)22-25(16(20)3)17-7-12-30(26,27)13-17/h4-6,17H,7-13H2,1-3H3/t17-/m0/s1. The first-order valence-electron chi connectivity index (χ1n) is 10.3. The topological polar surface area (TPSA) is 92.6 Å². The number of aryl methyl sites for hydroxylation is 1. The molecule has 170 valence electrons. The van der Waals surface area contributed by atoms with Gasteiger partial charge in [-0.2, -0.15) is 9.40 Å². The van der Waals surface area contributed by atoms with Crippen molar-refractivity contribution >= 4 is 37.1 Å². The van der Waals surface area contributed by atoms with Crippen molar-refractivity contribution in [3.63, 3.8) is 0 Å². The van der Waals surface area contributed by atoms with Crippen LogP contribution in [0.2, 0.25) is 5.02 Å². The van der Waals surface area contributed by atoms with Gasteiger partial charge in [0.2, 0.25) is 10.0 Å². The van der Waals surface area contributed by atoms with E-state index >= 15 is 0 Å². The number of benzene rings is 1. The number of rotatable bonds is 4. The van der Waals surface area contributed by atoms with Crippen LogP contribution in [0, 0.1) is 20.8 Å². The van der Waals surface area contributed by atoms with Crippen LogP contribution in [-0.4, -0.2) is 68.6 Å². The van der Waals surface area contributed by atoms with Gasteiger partial charge in [0.1, 0.15) is 0 Å². The van der Waals surface area contributed by atoms with Crippen LogP contribution in [0.4, 0.5) is 5.69 Å². The molecule has 2 aliphatic heterocycles. The number of anilines is 1. The Labute approximate surface area is 188 Å². The number of sulfone groups is 1. The van der Waals surface area contributed by atoms with Crippen molar-refractivity contribution in [2.75, 3.05) is 42.6 Å². The van der Waals surface area contributed by atoms with Crippen LogP contribution in [0.5, 0.6) is 0 Å². The van der Waals surface area contributed by atoms with Gasteiger partial charge in [-0.15, -0.1) is 0 Å². The van der Waals surface area contributed by atoms with Crippen LogP contribution in [0.25, 0.3) is 0 Å². The Morgan fingerprint density at radius 2 is 1.77 bits per heavy atom. The summed E-state index contributed by atoms with van der Waals surface area (Å²) in [6.45, 7) is 7.38. The molecule has 0 saturated carbocycles. The van der Waals surface area contributed by atoms with Crippen LogP contribution >= 0.6 is 11.6 Å². The highest BCUT2D eigenvalue weighted by atomic mass is 35.5. The van der Waals surface area contributed by atoms with Gasteiger partial charge in [0.25, 0.3) is 0 Å². The molecule has 1 aromatic heterocycles. The summed E-state index contributed by atoms with van der Waals surface area (Å²) in [5.41, 5.74) is 3.30.